The van der Waals surface area contributed by atoms with Crippen molar-refractivity contribution >= 4 is 39.8 Å². The molecular formula is C29H41N3O6S2. The molecule has 3 rings (SSSR count). The maximum absolute atomic E-state index is 12.5. The molecule has 0 unspecified atom stereocenters. The second kappa shape index (κ2) is 12.6. The molecule has 0 saturated carbocycles. The van der Waals surface area contributed by atoms with E-state index in [1.807, 2.05) is 91.0 Å². The minimum atomic E-state index is -3.56. The van der Waals surface area contributed by atoms with Crippen LogP contribution in [0.1, 0.15) is 78.5 Å². The van der Waals surface area contributed by atoms with E-state index in [2.05, 4.69) is 9.97 Å². The lowest BCUT2D eigenvalue weighted by Crippen LogP contribution is -2.45. The number of hydrogen-bond acceptors (Lipinski definition) is 9. The molecule has 0 radical (unpaired) electrons. The van der Waals surface area contributed by atoms with Crippen molar-refractivity contribution in [2.24, 2.45) is 0 Å². The molecule has 9 nitrogen and oxygen atoms in total. The molecule has 1 aromatic heterocycles. The lowest BCUT2D eigenvalue weighted by atomic mass is 10.0. The number of aromatic nitrogens is 2. The minimum Gasteiger partial charge on any atom is -0.460 e. The van der Waals surface area contributed by atoms with Crippen molar-refractivity contribution in [3.05, 3.63) is 47.7 Å². The smallest absolute Gasteiger partial charge is 0.308 e. The van der Waals surface area contributed by atoms with E-state index in [-0.39, 0.29) is 36.5 Å². The van der Waals surface area contributed by atoms with Crippen LogP contribution in [0.25, 0.3) is 6.08 Å². The standard InChI is InChI=1S/C29H41N3O6S2/c1-19(2)25-23(16-15-20-17-21(37-29(6,7)36-20)18-24(33)38-28(3,4)5)26(39-22-13-11-10-12-14-22)31-27(30-25)32(8)40(9,34)35/h10-16,19-21H,17-18H2,1-9H3/b16-15+/t20-,21-/m1/s1. The Balaban J connectivity index is 1.99. The van der Waals surface area contributed by atoms with Crippen LogP contribution in [-0.4, -0.2) is 61.3 Å². The summed E-state index contributed by atoms with van der Waals surface area (Å²) >= 11 is 1.44. The molecule has 1 fully saturated rings. The van der Waals surface area contributed by atoms with E-state index in [1.54, 1.807) is 0 Å². The molecule has 0 N–H and O–H groups in total. The number of anilines is 1. The van der Waals surface area contributed by atoms with Gasteiger partial charge in [-0.25, -0.2) is 22.7 Å². The number of carbonyl (C=O) groups is 1. The van der Waals surface area contributed by atoms with Crippen molar-refractivity contribution in [3.63, 3.8) is 0 Å². The summed E-state index contributed by atoms with van der Waals surface area (Å²) in [5, 5.41) is 0.628. The Morgan fingerprint density at radius 3 is 2.42 bits per heavy atom. The number of esters is 1. The van der Waals surface area contributed by atoms with Gasteiger partial charge >= 0.3 is 5.97 Å². The molecule has 0 aliphatic carbocycles. The first-order valence-corrected chi connectivity index (χ1v) is 15.9. The lowest BCUT2D eigenvalue weighted by Gasteiger charge is -2.39. The number of hydrogen-bond donors (Lipinski definition) is 0. The Bertz CT molecular complexity index is 1320. The predicted molar refractivity (Wildman–Crippen MR) is 158 cm³/mol. The Morgan fingerprint density at radius 2 is 1.85 bits per heavy atom. The summed E-state index contributed by atoms with van der Waals surface area (Å²) in [6.45, 7) is 13.2. The number of nitrogens with zero attached hydrogens (tertiary/aromatic N) is 3. The molecule has 0 spiro atoms. The largest absolute Gasteiger partial charge is 0.460 e. The van der Waals surface area contributed by atoms with Crippen LogP contribution in [0.5, 0.6) is 0 Å². The second-order valence-corrected chi connectivity index (χ2v) is 14.7. The van der Waals surface area contributed by atoms with E-state index in [0.717, 1.165) is 21.0 Å². The highest BCUT2D eigenvalue weighted by Gasteiger charge is 2.36. The first kappa shape index (κ1) is 32.0. The van der Waals surface area contributed by atoms with Crippen molar-refractivity contribution < 1.29 is 27.4 Å². The van der Waals surface area contributed by atoms with Crippen molar-refractivity contribution in [2.75, 3.05) is 17.6 Å². The molecule has 2 heterocycles. The highest BCUT2D eigenvalue weighted by atomic mass is 32.2. The van der Waals surface area contributed by atoms with Crippen molar-refractivity contribution in [3.8, 4) is 0 Å². The summed E-state index contributed by atoms with van der Waals surface area (Å²) in [6, 6.07) is 9.76. The molecule has 220 valence electrons. The summed E-state index contributed by atoms with van der Waals surface area (Å²) in [5.41, 5.74) is 0.923. The summed E-state index contributed by atoms with van der Waals surface area (Å²) in [4.78, 5) is 22.8. The third-order valence-electron chi connectivity index (χ3n) is 5.88. The van der Waals surface area contributed by atoms with Crippen LogP contribution in [0.2, 0.25) is 0 Å². The SMILES string of the molecule is CC(C)c1nc(N(C)S(C)(=O)=O)nc(Sc2ccccc2)c1/C=C/[C@@H]1C[C@H](CC(=O)OC(C)(C)C)OC(C)(C)O1. The zero-order chi connectivity index (χ0) is 29.9. The Hall–Kier alpha value is -2.47. The van der Waals surface area contributed by atoms with Gasteiger partial charge in [-0.1, -0.05) is 56.0 Å². The summed E-state index contributed by atoms with van der Waals surface area (Å²) in [5.74, 6) is -1.12. The highest BCUT2D eigenvalue weighted by Crippen LogP contribution is 2.36. The van der Waals surface area contributed by atoms with E-state index in [1.165, 1.54) is 18.8 Å². The van der Waals surface area contributed by atoms with E-state index < -0.39 is 21.4 Å². The van der Waals surface area contributed by atoms with Crippen molar-refractivity contribution in [1.82, 2.24) is 9.97 Å². The first-order chi connectivity index (χ1) is 18.4. The summed E-state index contributed by atoms with van der Waals surface area (Å²) < 4.78 is 43.4. The second-order valence-electron chi connectivity index (χ2n) is 11.6. The Morgan fingerprint density at radius 1 is 1.20 bits per heavy atom. The molecular weight excluding hydrogens is 550 g/mol. The van der Waals surface area contributed by atoms with Crippen LogP contribution < -0.4 is 4.31 Å². The van der Waals surface area contributed by atoms with Crippen LogP contribution in [0.4, 0.5) is 5.95 Å². The average Bonchev–Trinajstić information content (AvgIpc) is 2.80. The van der Waals surface area contributed by atoms with E-state index in [0.29, 0.717) is 17.1 Å². The van der Waals surface area contributed by atoms with E-state index in [9.17, 15) is 13.2 Å². The fraction of sp³-hybridized carbons (Fsp3) is 0.552. The average molecular weight is 592 g/mol. The highest BCUT2D eigenvalue weighted by molar-refractivity contribution is 7.99. The monoisotopic (exact) mass is 591 g/mol. The fourth-order valence-corrected chi connectivity index (χ4v) is 5.49. The summed E-state index contributed by atoms with van der Waals surface area (Å²) in [6.07, 6.45) is 4.86. The van der Waals surface area contributed by atoms with Gasteiger partial charge in [-0.3, -0.25) is 4.79 Å². The molecule has 40 heavy (non-hydrogen) atoms. The van der Waals surface area contributed by atoms with Crippen molar-refractivity contribution in [1.29, 1.82) is 0 Å². The van der Waals surface area contributed by atoms with Crippen LogP contribution in [0.15, 0.2) is 46.3 Å². The minimum absolute atomic E-state index is 0.0172. The summed E-state index contributed by atoms with van der Waals surface area (Å²) in [7, 11) is -2.11. The van der Waals surface area contributed by atoms with Gasteiger partial charge in [0.1, 0.15) is 10.6 Å². The molecule has 0 amide bonds. The number of sulfonamides is 1. The quantitative estimate of drug-likeness (QED) is 0.264. The third-order valence-corrected chi connectivity index (χ3v) is 8.06. The first-order valence-electron chi connectivity index (χ1n) is 13.3. The van der Waals surface area contributed by atoms with Gasteiger partial charge in [0.2, 0.25) is 16.0 Å². The zero-order valence-electron chi connectivity index (χ0n) is 24.8. The van der Waals surface area contributed by atoms with Gasteiger partial charge in [0.05, 0.1) is 30.6 Å². The number of ether oxygens (including phenoxy) is 3. The number of carbonyl (C=O) groups excluding carboxylic acids is 1. The molecule has 11 heteroatoms. The van der Waals surface area contributed by atoms with Gasteiger partial charge in [0, 0.05) is 23.9 Å². The molecule has 0 bridgehead atoms. The van der Waals surface area contributed by atoms with Gasteiger partial charge in [-0.2, -0.15) is 0 Å². The van der Waals surface area contributed by atoms with Crippen LogP contribution in [-0.2, 0) is 29.0 Å². The number of benzene rings is 1. The molecule has 1 aromatic carbocycles. The fourth-order valence-electron chi connectivity index (χ4n) is 4.18. The molecule has 1 saturated heterocycles. The predicted octanol–water partition coefficient (Wildman–Crippen LogP) is 5.80. The van der Waals surface area contributed by atoms with Gasteiger partial charge < -0.3 is 14.2 Å². The molecule has 1 aliphatic rings. The topological polar surface area (TPSA) is 108 Å². The van der Waals surface area contributed by atoms with Gasteiger partial charge in [0.15, 0.2) is 5.79 Å². The third kappa shape index (κ3) is 9.29. The van der Waals surface area contributed by atoms with Gasteiger partial charge in [-0.15, -0.1) is 0 Å². The van der Waals surface area contributed by atoms with E-state index in [4.69, 9.17) is 14.2 Å². The maximum atomic E-state index is 12.5. The van der Waals surface area contributed by atoms with Crippen LogP contribution in [0, 0.1) is 0 Å². The molecule has 2 aromatic rings. The Labute approximate surface area is 242 Å². The van der Waals surface area contributed by atoms with Gasteiger partial charge in [0.25, 0.3) is 0 Å². The zero-order valence-corrected chi connectivity index (χ0v) is 26.4. The van der Waals surface area contributed by atoms with E-state index >= 15 is 0 Å². The molecule has 1 aliphatic heterocycles. The number of rotatable bonds is 9. The van der Waals surface area contributed by atoms with Crippen molar-refractivity contribution in [2.45, 2.75) is 101 Å². The maximum Gasteiger partial charge on any atom is 0.308 e. The Kier molecular flexibility index (Phi) is 10.1. The van der Waals surface area contributed by atoms with Crippen LogP contribution >= 0.6 is 11.8 Å². The van der Waals surface area contributed by atoms with Crippen LogP contribution in [0.3, 0.4) is 0 Å². The lowest BCUT2D eigenvalue weighted by molar-refractivity contribution is -0.290. The molecule has 2 atom stereocenters. The van der Waals surface area contributed by atoms with Gasteiger partial charge in [-0.05, 0) is 52.7 Å². The normalized spacial score (nSPS) is 19.6.